The van der Waals surface area contributed by atoms with Gasteiger partial charge in [0.25, 0.3) is 10.0 Å². The predicted octanol–water partition coefficient (Wildman–Crippen LogP) is 2.58. The van der Waals surface area contributed by atoms with Gasteiger partial charge in [0.1, 0.15) is 4.88 Å². The number of carboxylic acid groups (broad SMARTS) is 1. The summed E-state index contributed by atoms with van der Waals surface area (Å²) in [5, 5.41) is 12.3. The van der Waals surface area contributed by atoms with Crippen molar-refractivity contribution in [2.75, 3.05) is 4.72 Å². The minimum absolute atomic E-state index is 0.0109. The molecule has 0 atom stereocenters. The highest BCUT2D eigenvalue weighted by Gasteiger charge is 2.27. The largest absolute Gasteiger partial charge is 0.477 e. The Morgan fingerprint density at radius 1 is 1.35 bits per heavy atom. The van der Waals surface area contributed by atoms with Gasteiger partial charge in [-0.1, -0.05) is 0 Å². The van der Waals surface area contributed by atoms with E-state index in [4.69, 9.17) is 5.11 Å². The summed E-state index contributed by atoms with van der Waals surface area (Å²) in [4.78, 5) is 14.9. The maximum absolute atomic E-state index is 12.1. The van der Waals surface area contributed by atoms with Crippen molar-refractivity contribution in [1.29, 1.82) is 0 Å². The molecular formula is C11H10N2O4S3. The van der Waals surface area contributed by atoms with Crippen LogP contribution in [0.4, 0.5) is 5.13 Å². The molecule has 1 aliphatic carbocycles. The topological polar surface area (TPSA) is 96.4 Å². The molecule has 2 N–H and O–H groups in total. The molecule has 0 unspecified atom stereocenters. The van der Waals surface area contributed by atoms with Gasteiger partial charge in [-0.25, -0.2) is 18.2 Å². The second-order valence-corrected chi connectivity index (χ2v) is 7.86. The molecule has 0 radical (unpaired) electrons. The van der Waals surface area contributed by atoms with E-state index in [0.717, 1.165) is 35.9 Å². The molecule has 0 spiro atoms. The van der Waals surface area contributed by atoms with Gasteiger partial charge in [-0.15, -0.1) is 22.7 Å². The number of thiophene rings is 1. The van der Waals surface area contributed by atoms with Gasteiger partial charge in [-0.3, -0.25) is 4.72 Å². The molecule has 6 nitrogen and oxygen atoms in total. The van der Waals surface area contributed by atoms with Gasteiger partial charge in [-0.05, 0) is 18.9 Å². The monoisotopic (exact) mass is 330 g/mol. The number of nitrogens with one attached hydrogen (secondary N) is 1. The molecule has 9 heteroatoms. The van der Waals surface area contributed by atoms with E-state index in [1.807, 2.05) is 5.38 Å². The SMILES string of the molecule is O=C(O)c1cc(S(=O)(=O)Nc2nc(C3CC3)cs2)cs1. The molecule has 2 aromatic rings. The normalized spacial score (nSPS) is 15.2. The quantitative estimate of drug-likeness (QED) is 0.878. The van der Waals surface area contributed by atoms with Gasteiger partial charge in [0.05, 0.1) is 10.6 Å². The number of hydrogen-bond donors (Lipinski definition) is 2. The third kappa shape index (κ3) is 2.69. The van der Waals surface area contributed by atoms with E-state index >= 15 is 0 Å². The fourth-order valence-electron chi connectivity index (χ4n) is 1.65. The zero-order valence-corrected chi connectivity index (χ0v) is 12.5. The summed E-state index contributed by atoms with van der Waals surface area (Å²) in [6.07, 6.45) is 2.20. The van der Waals surface area contributed by atoms with Crippen molar-refractivity contribution in [3.8, 4) is 0 Å². The van der Waals surface area contributed by atoms with E-state index in [1.54, 1.807) is 0 Å². The van der Waals surface area contributed by atoms with E-state index in [9.17, 15) is 13.2 Å². The molecule has 2 heterocycles. The minimum atomic E-state index is -3.77. The van der Waals surface area contributed by atoms with Crippen LogP contribution in [0.5, 0.6) is 0 Å². The van der Waals surface area contributed by atoms with Gasteiger partial charge in [-0.2, -0.15) is 0 Å². The summed E-state index contributed by atoms with van der Waals surface area (Å²) in [5.41, 5.74) is 0.921. The summed E-state index contributed by atoms with van der Waals surface area (Å²) in [6, 6.07) is 1.14. The molecule has 2 aromatic heterocycles. The molecule has 0 aromatic carbocycles. The summed E-state index contributed by atoms with van der Waals surface area (Å²) < 4.78 is 26.6. The Bertz CT molecular complexity index is 758. The average molecular weight is 330 g/mol. The zero-order valence-electron chi connectivity index (χ0n) is 10.1. The van der Waals surface area contributed by atoms with Crippen LogP contribution in [0.15, 0.2) is 21.7 Å². The molecule has 0 saturated heterocycles. The van der Waals surface area contributed by atoms with E-state index in [-0.39, 0.29) is 9.77 Å². The first-order valence-corrected chi connectivity index (χ1v) is 9.00. The highest BCUT2D eigenvalue weighted by Crippen LogP contribution is 2.41. The maximum Gasteiger partial charge on any atom is 0.345 e. The summed E-state index contributed by atoms with van der Waals surface area (Å²) in [6.45, 7) is 0. The average Bonchev–Trinajstić information content (AvgIpc) is 2.91. The van der Waals surface area contributed by atoms with Crippen molar-refractivity contribution in [3.05, 3.63) is 27.4 Å². The first kappa shape index (κ1) is 13.5. The molecule has 0 aliphatic heterocycles. The highest BCUT2D eigenvalue weighted by molar-refractivity contribution is 7.93. The van der Waals surface area contributed by atoms with Crippen molar-refractivity contribution in [2.24, 2.45) is 0 Å². The Balaban J connectivity index is 1.81. The van der Waals surface area contributed by atoms with Crippen LogP contribution in [0, 0.1) is 0 Å². The van der Waals surface area contributed by atoms with Crippen LogP contribution in [0.2, 0.25) is 0 Å². The Morgan fingerprint density at radius 2 is 2.10 bits per heavy atom. The van der Waals surface area contributed by atoms with E-state index < -0.39 is 16.0 Å². The smallest absolute Gasteiger partial charge is 0.345 e. The molecule has 0 bridgehead atoms. The van der Waals surface area contributed by atoms with Crippen LogP contribution < -0.4 is 4.72 Å². The highest BCUT2D eigenvalue weighted by atomic mass is 32.2. The number of aromatic carboxylic acids is 1. The first-order valence-electron chi connectivity index (χ1n) is 5.76. The van der Waals surface area contributed by atoms with E-state index in [2.05, 4.69) is 9.71 Å². The number of aromatic nitrogens is 1. The molecule has 1 fully saturated rings. The molecule has 0 amide bonds. The molecule has 1 saturated carbocycles. The molecule has 20 heavy (non-hydrogen) atoms. The van der Waals surface area contributed by atoms with Crippen LogP contribution in [-0.4, -0.2) is 24.5 Å². The van der Waals surface area contributed by atoms with Gasteiger partial charge >= 0.3 is 5.97 Å². The number of nitrogens with zero attached hydrogens (tertiary/aromatic N) is 1. The summed E-state index contributed by atoms with van der Waals surface area (Å²) >= 11 is 2.12. The van der Waals surface area contributed by atoms with Crippen LogP contribution in [0.1, 0.15) is 34.1 Å². The van der Waals surface area contributed by atoms with Gasteiger partial charge in [0.2, 0.25) is 0 Å². The fourth-order valence-corrected chi connectivity index (χ4v) is 4.80. The van der Waals surface area contributed by atoms with Gasteiger partial charge in [0.15, 0.2) is 5.13 Å². The Hall–Kier alpha value is -1.45. The zero-order chi connectivity index (χ0) is 14.3. The van der Waals surface area contributed by atoms with Crippen LogP contribution >= 0.6 is 22.7 Å². The first-order chi connectivity index (χ1) is 9.45. The summed E-state index contributed by atoms with van der Waals surface area (Å²) in [5.74, 6) is -0.675. The lowest BCUT2D eigenvalue weighted by Crippen LogP contribution is -2.12. The number of thiazole rings is 1. The Morgan fingerprint density at radius 3 is 2.70 bits per heavy atom. The van der Waals surface area contributed by atoms with E-state index in [0.29, 0.717) is 11.0 Å². The van der Waals surface area contributed by atoms with Crippen LogP contribution in [0.25, 0.3) is 0 Å². The van der Waals surface area contributed by atoms with Crippen LogP contribution in [-0.2, 0) is 10.0 Å². The van der Waals surface area contributed by atoms with Gasteiger partial charge in [0, 0.05) is 16.7 Å². The number of carboxylic acids is 1. The minimum Gasteiger partial charge on any atom is -0.477 e. The lowest BCUT2D eigenvalue weighted by atomic mass is 10.3. The van der Waals surface area contributed by atoms with Crippen molar-refractivity contribution in [3.63, 3.8) is 0 Å². The number of rotatable bonds is 5. The van der Waals surface area contributed by atoms with Crippen molar-refractivity contribution in [2.45, 2.75) is 23.7 Å². The standard InChI is InChI=1S/C11H10N2O4S3/c14-10(15)9-3-7(4-18-9)20(16,17)13-11-12-8(5-19-11)6-1-2-6/h3-6H,1-2H2,(H,12,13)(H,14,15). The lowest BCUT2D eigenvalue weighted by Gasteiger charge is -2.01. The summed E-state index contributed by atoms with van der Waals surface area (Å²) in [7, 11) is -3.77. The van der Waals surface area contributed by atoms with Gasteiger partial charge < -0.3 is 5.11 Å². The Kier molecular flexibility index (Phi) is 3.27. The Labute approximate surface area is 123 Å². The number of sulfonamides is 1. The second-order valence-electron chi connectivity index (χ2n) is 4.41. The number of carbonyl (C=O) groups is 1. The molecule has 106 valence electrons. The molecule has 1 aliphatic rings. The fraction of sp³-hybridized carbons (Fsp3) is 0.273. The molecular weight excluding hydrogens is 320 g/mol. The van der Waals surface area contributed by atoms with Crippen LogP contribution in [0.3, 0.4) is 0 Å². The maximum atomic E-state index is 12.1. The molecule has 3 rings (SSSR count). The third-order valence-electron chi connectivity index (χ3n) is 2.84. The lowest BCUT2D eigenvalue weighted by molar-refractivity contribution is 0.0702. The number of hydrogen-bond acceptors (Lipinski definition) is 6. The van der Waals surface area contributed by atoms with E-state index in [1.165, 1.54) is 16.7 Å². The second kappa shape index (κ2) is 4.83. The van der Waals surface area contributed by atoms with Crippen molar-refractivity contribution >= 4 is 43.8 Å². The van der Waals surface area contributed by atoms with Crippen molar-refractivity contribution in [1.82, 2.24) is 4.98 Å². The predicted molar refractivity (Wildman–Crippen MR) is 76.2 cm³/mol. The number of anilines is 1. The third-order valence-corrected chi connectivity index (χ3v) is 6.13. The van der Waals surface area contributed by atoms with Crippen molar-refractivity contribution < 1.29 is 18.3 Å².